The maximum atomic E-state index is 5.40. The summed E-state index contributed by atoms with van der Waals surface area (Å²) in [4.78, 5) is 7.95. The highest BCUT2D eigenvalue weighted by atomic mass is 32.1. The Hall–Kier alpha value is -1.59. The number of ether oxygens (including phenoxy) is 1. The number of benzene rings is 1. The highest BCUT2D eigenvalue weighted by Gasteiger charge is 2.08. The number of nitrogens with zero attached hydrogens (tertiary/aromatic N) is 2. The molecule has 0 amide bonds. The van der Waals surface area contributed by atoms with Crippen LogP contribution in [-0.4, -0.2) is 30.6 Å². The first-order valence-electron chi connectivity index (χ1n) is 7.22. The monoisotopic (exact) mass is 305 g/mol. The largest absolute Gasteiger partial charge is 0.496 e. The molecule has 0 atom stereocenters. The van der Waals surface area contributed by atoms with Gasteiger partial charge in [-0.2, -0.15) is 0 Å². The van der Waals surface area contributed by atoms with Crippen LogP contribution in [0.2, 0.25) is 0 Å². The first kappa shape index (κ1) is 15.8. The summed E-state index contributed by atoms with van der Waals surface area (Å²) in [6.45, 7) is 4.88. The summed E-state index contributed by atoms with van der Waals surface area (Å²) in [6.07, 6.45) is 3.07. The smallest absolute Gasteiger partial charge is 0.182 e. The van der Waals surface area contributed by atoms with Crippen LogP contribution in [0.4, 0.5) is 5.13 Å². The van der Waals surface area contributed by atoms with Crippen LogP contribution in [-0.2, 0) is 13.1 Å². The van der Waals surface area contributed by atoms with E-state index in [9.17, 15) is 0 Å². The van der Waals surface area contributed by atoms with Gasteiger partial charge in [0.15, 0.2) is 5.13 Å². The average Bonchev–Trinajstić information content (AvgIpc) is 2.93. The topological polar surface area (TPSA) is 37.4 Å². The van der Waals surface area contributed by atoms with Crippen molar-refractivity contribution >= 4 is 16.5 Å². The van der Waals surface area contributed by atoms with Crippen LogP contribution in [0, 0.1) is 0 Å². The highest BCUT2D eigenvalue weighted by Crippen LogP contribution is 2.22. The van der Waals surface area contributed by atoms with E-state index in [1.54, 1.807) is 18.4 Å². The van der Waals surface area contributed by atoms with Gasteiger partial charge in [-0.1, -0.05) is 25.1 Å². The first-order chi connectivity index (χ1) is 10.2. The average molecular weight is 305 g/mol. The number of para-hydroxylation sites is 1. The van der Waals surface area contributed by atoms with E-state index in [0.717, 1.165) is 36.9 Å². The molecule has 0 unspecified atom stereocenters. The van der Waals surface area contributed by atoms with Gasteiger partial charge in [0, 0.05) is 36.3 Å². The van der Waals surface area contributed by atoms with Crippen LogP contribution in [0.15, 0.2) is 30.5 Å². The summed E-state index contributed by atoms with van der Waals surface area (Å²) in [5.74, 6) is 0.943. The molecular formula is C16H23N3OS. The Morgan fingerprint density at radius 1 is 1.29 bits per heavy atom. The Morgan fingerprint density at radius 3 is 2.86 bits per heavy atom. The van der Waals surface area contributed by atoms with Crippen molar-refractivity contribution in [2.24, 2.45) is 0 Å². The summed E-state index contributed by atoms with van der Waals surface area (Å²) < 4.78 is 5.40. The van der Waals surface area contributed by atoms with Crippen LogP contribution < -0.4 is 10.1 Å². The van der Waals surface area contributed by atoms with E-state index in [0.29, 0.717) is 0 Å². The van der Waals surface area contributed by atoms with Crippen LogP contribution in [0.1, 0.15) is 23.8 Å². The molecule has 0 fully saturated rings. The van der Waals surface area contributed by atoms with E-state index in [4.69, 9.17) is 4.74 Å². The minimum Gasteiger partial charge on any atom is -0.496 e. The van der Waals surface area contributed by atoms with Crippen molar-refractivity contribution in [2.45, 2.75) is 26.4 Å². The second-order valence-electron chi connectivity index (χ2n) is 5.04. The minimum atomic E-state index is 0.861. The summed E-state index contributed by atoms with van der Waals surface area (Å²) in [6, 6.07) is 8.15. The molecule has 2 rings (SSSR count). The zero-order valence-corrected chi connectivity index (χ0v) is 13.7. The number of rotatable bonds is 8. The van der Waals surface area contributed by atoms with Gasteiger partial charge >= 0.3 is 0 Å². The first-order valence-corrected chi connectivity index (χ1v) is 8.03. The van der Waals surface area contributed by atoms with Gasteiger partial charge in [0.05, 0.1) is 7.11 Å². The van der Waals surface area contributed by atoms with Gasteiger partial charge in [-0.25, -0.2) is 4.98 Å². The second kappa shape index (κ2) is 8.00. The SMILES string of the molecule is CCCNc1ncc(CN(C)Cc2ccccc2OC)s1. The van der Waals surface area contributed by atoms with Crippen molar-refractivity contribution in [3.63, 3.8) is 0 Å². The Morgan fingerprint density at radius 2 is 2.10 bits per heavy atom. The van der Waals surface area contributed by atoms with E-state index >= 15 is 0 Å². The molecule has 0 bridgehead atoms. The molecular weight excluding hydrogens is 282 g/mol. The lowest BCUT2D eigenvalue weighted by atomic mass is 10.2. The molecule has 5 heteroatoms. The van der Waals surface area contributed by atoms with Gasteiger partial charge < -0.3 is 10.1 Å². The fraction of sp³-hybridized carbons (Fsp3) is 0.438. The summed E-state index contributed by atoms with van der Waals surface area (Å²) in [5.41, 5.74) is 1.20. The Bertz CT molecular complexity index is 556. The van der Waals surface area contributed by atoms with Crippen molar-refractivity contribution in [3.05, 3.63) is 40.9 Å². The van der Waals surface area contributed by atoms with Crippen molar-refractivity contribution in [3.8, 4) is 5.75 Å². The summed E-state index contributed by atoms with van der Waals surface area (Å²) in [5, 5.41) is 4.34. The third-order valence-electron chi connectivity index (χ3n) is 3.14. The molecule has 1 aromatic carbocycles. The van der Waals surface area contributed by atoms with Crippen LogP contribution in [0.3, 0.4) is 0 Å². The maximum absolute atomic E-state index is 5.40. The number of hydrogen-bond donors (Lipinski definition) is 1. The van der Waals surface area contributed by atoms with E-state index in [1.165, 1.54) is 10.4 Å². The fourth-order valence-corrected chi connectivity index (χ4v) is 3.06. The summed E-state index contributed by atoms with van der Waals surface area (Å²) in [7, 11) is 3.83. The quantitative estimate of drug-likeness (QED) is 0.808. The molecule has 1 N–H and O–H groups in total. The van der Waals surface area contributed by atoms with Crippen molar-refractivity contribution < 1.29 is 4.74 Å². The number of aromatic nitrogens is 1. The van der Waals surface area contributed by atoms with Gasteiger partial charge in [-0.05, 0) is 19.5 Å². The Kier molecular flexibility index (Phi) is 6.02. The van der Waals surface area contributed by atoms with E-state index in [-0.39, 0.29) is 0 Å². The number of hydrogen-bond acceptors (Lipinski definition) is 5. The fourth-order valence-electron chi connectivity index (χ4n) is 2.14. The number of thiazole rings is 1. The molecule has 2 aromatic rings. The predicted molar refractivity (Wildman–Crippen MR) is 89.1 cm³/mol. The zero-order valence-electron chi connectivity index (χ0n) is 12.9. The second-order valence-corrected chi connectivity index (χ2v) is 6.16. The molecule has 0 aliphatic rings. The van der Waals surface area contributed by atoms with Crippen LogP contribution in [0.25, 0.3) is 0 Å². The van der Waals surface area contributed by atoms with Crippen molar-refractivity contribution in [2.75, 3.05) is 26.0 Å². The van der Waals surface area contributed by atoms with Crippen LogP contribution in [0.5, 0.6) is 5.75 Å². The van der Waals surface area contributed by atoms with Gasteiger partial charge in [-0.3, -0.25) is 4.90 Å². The van der Waals surface area contributed by atoms with E-state index < -0.39 is 0 Å². The van der Waals surface area contributed by atoms with Crippen molar-refractivity contribution in [1.82, 2.24) is 9.88 Å². The lowest BCUT2D eigenvalue weighted by Crippen LogP contribution is -2.17. The third-order valence-corrected chi connectivity index (χ3v) is 4.08. The molecule has 1 heterocycles. The molecule has 0 radical (unpaired) electrons. The molecule has 1 aromatic heterocycles. The zero-order chi connectivity index (χ0) is 15.1. The molecule has 0 saturated carbocycles. The number of nitrogens with one attached hydrogen (secondary N) is 1. The molecule has 0 aliphatic carbocycles. The molecule has 21 heavy (non-hydrogen) atoms. The Labute approximate surface area is 130 Å². The van der Waals surface area contributed by atoms with Crippen LogP contribution >= 0.6 is 11.3 Å². The van der Waals surface area contributed by atoms with E-state index in [1.807, 2.05) is 24.4 Å². The van der Waals surface area contributed by atoms with Gasteiger partial charge in [-0.15, -0.1) is 11.3 Å². The third kappa shape index (κ3) is 4.72. The maximum Gasteiger partial charge on any atom is 0.182 e. The van der Waals surface area contributed by atoms with Gasteiger partial charge in [0.1, 0.15) is 5.75 Å². The highest BCUT2D eigenvalue weighted by molar-refractivity contribution is 7.15. The van der Waals surface area contributed by atoms with E-state index in [2.05, 4.69) is 35.2 Å². The molecule has 0 spiro atoms. The lowest BCUT2D eigenvalue weighted by molar-refractivity contribution is 0.312. The van der Waals surface area contributed by atoms with Gasteiger partial charge in [0.2, 0.25) is 0 Å². The molecule has 0 saturated heterocycles. The minimum absolute atomic E-state index is 0.861. The molecule has 0 aliphatic heterocycles. The number of methoxy groups -OCH3 is 1. The lowest BCUT2D eigenvalue weighted by Gasteiger charge is -2.17. The van der Waals surface area contributed by atoms with Gasteiger partial charge in [0.25, 0.3) is 0 Å². The Balaban J connectivity index is 1.92. The predicted octanol–water partition coefficient (Wildman–Crippen LogP) is 3.61. The molecule has 4 nitrogen and oxygen atoms in total. The van der Waals surface area contributed by atoms with Crippen molar-refractivity contribution in [1.29, 1.82) is 0 Å². The number of anilines is 1. The molecule has 114 valence electrons. The standard InChI is InChI=1S/C16H23N3OS/c1-4-9-17-16-18-10-14(21-16)12-19(2)11-13-7-5-6-8-15(13)20-3/h5-8,10H,4,9,11-12H2,1-3H3,(H,17,18). The summed E-state index contributed by atoms with van der Waals surface area (Å²) >= 11 is 1.73. The normalized spacial score (nSPS) is 10.9.